The Hall–Kier alpha value is -1.48. The third-order valence-electron chi connectivity index (χ3n) is 3.41. The van der Waals surface area contributed by atoms with Crippen molar-refractivity contribution >= 4 is 11.0 Å². The van der Waals surface area contributed by atoms with Crippen molar-refractivity contribution in [2.45, 2.75) is 40.2 Å². The van der Waals surface area contributed by atoms with E-state index in [1.807, 2.05) is 30.5 Å². The number of likely N-dealkylation sites (N-methyl/N-ethyl adjacent to an activating group) is 1. The average Bonchev–Trinajstić information content (AvgIpc) is 2.37. The lowest BCUT2D eigenvalue weighted by Gasteiger charge is -2.31. The van der Waals surface area contributed by atoms with Crippen LogP contribution in [0, 0.1) is 5.41 Å². The normalized spacial score (nSPS) is 13.7. The number of benzene rings is 1. The minimum atomic E-state index is 0.212. The van der Waals surface area contributed by atoms with E-state index in [2.05, 4.69) is 38.0 Å². The van der Waals surface area contributed by atoms with E-state index in [1.165, 1.54) is 0 Å². The van der Waals surface area contributed by atoms with Gasteiger partial charge in [-0.25, -0.2) is 4.98 Å². The maximum atomic E-state index is 4.71. The topological polar surface area (TPSA) is 37.8 Å². The Bertz CT molecular complexity index is 543. The maximum absolute atomic E-state index is 4.71. The molecule has 1 N–H and O–H groups in total. The Kier molecular flexibility index (Phi) is 4.15. The Morgan fingerprint density at radius 1 is 1.16 bits per heavy atom. The quantitative estimate of drug-likeness (QED) is 0.914. The first-order chi connectivity index (χ1) is 9.00. The summed E-state index contributed by atoms with van der Waals surface area (Å²) < 4.78 is 0. The molecule has 0 saturated carbocycles. The molecule has 19 heavy (non-hydrogen) atoms. The van der Waals surface area contributed by atoms with Crippen LogP contribution in [0.5, 0.6) is 0 Å². The summed E-state index contributed by atoms with van der Waals surface area (Å²) in [5.74, 6) is 0. The predicted octanol–water partition coefficient (Wildman–Crippen LogP) is 3.20. The van der Waals surface area contributed by atoms with Crippen molar-refractivity contribution in [2.24, 2.45) is 5.41 Å². The molecule has 102 valence electrons. The van der Waals surface area contributed by atoms with Gasteiger partial charge in [-0.05, 0) is 24.1 Å². The van der Waals surface area contributed by atoms with Gasteiger partial charge in [0.25, 0.3) is 0 Å². The van der Waals surface area contributed by atoms with Crippen molar-refractivity contribution in [3.8, 4) is 0 Å². The van der Waals surface area contributed by atoms with Gasteiger partial charge >= 0.3 is 0 Å². The monoisotopic (exact) mass is 257 g/mol. The second kappa shape index (κ2) is 5.66. The minimum Gasteiger partial charge on any atom is -0.313 e. The van der Waals surface area contributed by atoms with E-state index >= 15 is 0 Å². The molecule has 0 aliphatic heterocycles. The van der Waals surface area contributed by atoms with Crippen molar-refractivity contribution in [2.75, 3.05) is 6.54 Å². The Morgan fingerprint density at radius 2 is 1.84 bits per heavy atom. The smallest absolute Gasteiger partial charge is 0.0890 e. The van der Waals surface area contributed by atoms with Crippen LogP contribution in [0.1, 0.15) is 33.4 Å². The van der Waals surface area contributed by atoms with Crippen LogP contribution in [0.4, 0.5) is 0 Å². The Labute approximate surface area is 115 Å². The first-order valence-corrected chi connectivity index (χ1v) is 6.94. The van der Waals surface area contributed by atoms with E-state index in [1.54, 1.807) is 0 Å². The third-order valence-corrected chi connectivity index (χ3v) is 3.41. The molecule has 1 unspecified atom stereocenters. The molecule has 3 nitrogen and oxygen atoms in total. The molecule has 0 radical (unpaired) electrons. The van der Waals surface area contributed by atoms with Crippen LogP contribution in [0.3, 0.4) is 0 Å². The van der Waals surface area contributed by atoms with Crippen LogP contribution >= 0.6 is 0 Å². The minimum absolute atomic E-state index is 0.212. The molecule has 0 spiro atoms. The molecule has 0 aliphatic carbocycles. The second-order valence-electron chi connectivity index (χ2n) is 6.03. The zero-order valence-electron chi connectivity index (χ0n) is 12.3. The van der Waals surface area contributed by atoms with E-state index in [9.17, 15) is 0 Å². The van der Waals surface area contributed by atoms with Gasteiger partial charge in [-0.1, -0.05) is 39.8 Å². The van der Waals surface area contributed by atoms with E-state index in [4.69, 9.17) is 4.98 Å². The van der Waals surface area contributed by atoms with E-state index in [0.717, 1.165) is 29.7 Å². The Balaban J connectivity index is 2.23. The molecule has 2 aromatic rings. The van der Waals surface area contributed by atoms with Gasteiger partial charge in [0.1, 0.15) is 0 Å². The van der Waals surface area contributed by atoms with Crippen LogP contribution in [-0.4, -0.2) is 22.6 Å². The summed E-state index contributed by atoms with van der Waals surface area (Å²) in [5.41, 5.74) is 3.20. The molecule has 1 atom stereocenters. The molecule has 0 bridgehead atoms. The number of hydrogen-bond acceptors (Lipinski definition) is 3. The number of nitrogens with one attached hydrogen (secondary N) is 1. The number of rotatable bonds is 4. The number of nitrogens with zero attached hydrogens (tertiary/aromatic N) is 2. The van der Waals surface area contributed by atoms with E-state index < -0.39 is 0 Å². The molecule has 0 fully saturated rings. The van der Waals surface area contributed by atoms with Gasteiger partial charge in [0.2, 0.25) is 0 Å². The van der Waals surface area contributed by atoms with Crippen molar-refractivity contribution < 1.29 is 0 Å². The number of para-hydroxylation sites is 2. The summed E-state index contributed by atoms with van der Waals surface area (Å²) in [7, 11) is 0. The van der Waals surface area contributed by atoms with Gasteiger partial charge in [0, 0.05) is 18.7 Å². The molecule has 3 heteroatoms. The molecule has 0 aliphatic rings. The highest BCUT2D eigenvalue weighted by Crippen LogP contribution is 2.22. The van der Waals surface area contributed by atoms with E-state index in [-0.39, 0.29) is 5.41 Å². The van der Waals surface area contributed by atoms with Crippen LogP contribution in [0.15, 0.2) is 30.5 Å². The molecule has 1 aromatic heterocycles. The highest BCUT2D eigenvalue weighted by Gasteiger charge is 2.24. The van der Waals surface area contributed by atoms with Crippen LogP contribution in [0.25, 0.3) is 11.0 Å². The van der Waals surface area contributed by atoms with Gasteiger partial charge in [-0.3, -0.25) is 4.98 Å². The van der Waals surface area contributed by atoms with Gasteiger partial charge in [-0.15, -0.1) is 0 Å². The fraction of sp³-hybridized carbons (Fsp3) is 0.500. The first-order valence-electron chi connectivity index (χ1n) is 6.94. The summed E-state index contributed by atoms with van der Waals surface area (Å²) in [5, 5.41) is 3.55. The second-order valence-corrected chi connectivity index (χ2v) is 6.03. The lowest BCUT2D eigenvalue weighted by Crippen LogP contribution is -2.42. The summed E-state index contributed by atoms with van der Waals surface area (Å²) >= 11 is 0. The highest BCUT2D eigenvalue weighted by atomic mass is 14.9. The third kappa shape index (κ3) is 3.51. The SMILES string of the molecule is CCNC(Cc1cnc2ccccc2n1)C(C)(C)C. The number of fused-ring (bicyclic) bond motifs is 1. The highest BCUT2D eigenvalue weighted by molar-refractivity contribution is 5.73. The summed E-state index contributed by atoms with van der Waals surface area (Å²) in [6.07, 6.45) is 2.81. The standard InChI is InChI=1S/C16H23N3/c1-5-17-15(16(2,3)4)10-12-11-18-13-8-6-7-9-14(13)19-12/h6-9,11,15,17H,5,10H2,1-4H3. The van der Waals surface area contributed by atoms with Crippen LogP contribution in [-0.2, 0) is 6.42 Å². The zero-order chi connectivity index (χ0) is 13.9. The average molecular weight is 257 g/mol. The lowest BCUT2D eigenvalue weighted by atomic mass is 9.84. The fourth-order valence-electron chi connectivity index (χ4n) is 2.23. The lowest BCUT2D eigenvalue weighted by molar-refractivity contribution is 0.268. The molecule has 1 aromatic carbocycles. The summed E-state index contributed by atoms with van der Waals surface area (Å²) in [4.78, 5) is 9.19. The Morgan fingerprint density at radius 3 is 2.47 bits per heavy atom. The predicted molar refractivity (Wildman–Crippen MR) is 80.2 cm³/mol. The largest absolute Gasteiger partial charge is 0.313 e. The van der Waals surface area contributed by atoms with Gasteiger partial charge in [0.05, 0.1) is 16.7 Å². The van der Waals surface area contributed by atoms with Crippen LogP contribution in [0.2, 0.25) is 0 Å². The van der Waals surface area contributed by atoms with Gasteiger partial charge < -0.3 is 5.32 Å². The summed E-state index contributed by atoms with van der Waals surface area (Å²) in [6.45, 7) is 9.90. The zero-order valence-corrected chi connectivity index (χ0v) is 12.3. The van der Waals surface area contributed by atoms with Crippen molar-refractivity contribution in [1.82, 2.24) is 15.3 Å². The van der Waals surface area contributed by atoms with Gasteiger partial charge in [-0.2, -0.15) is 0 Å². The first kappa shape index (κ1) is 13.9. The number of hydrogen-bond donors (Lipinski definition) is 1. The van der Waals surface area contributed by atoms with Gasteiger partial charge in [0.15, 0.2) is 0 Å². The molecular formula is C16H23N3. The van der Waals surface area contributed by atoms with Crippen LogP contribution < -0.4 is 5.32 Å². The van der Waals surface area contributed by atoms with Crippen molar-refractivity contribution in [3.05, 3.63) is 36.2 Å². The molecule has 0 saturated heterocycles. The molecular weight excluding hydrogens is 234 g/mol. The molecule has 0 amide bonds. The van der Waals surface area contributed by atoms with E-state index in [0.29, 0.717) is 6.04 Å². The number of aromatic nitrogens is 2. The van der Waals surface area contributed by atoms with Crippen molar-refractivity contribution in [1.29, 1.82) is 0 Å². The summed E-state index contributed by atoms with van der Waals surface area (Å²) in [6, 6.07) is 8.43. The molecule has 2 rings (SSSR count). The molecule has 1 heterocycles. The maximum Gasteiger partial charge on any atom is 0.0890 e. The van der Waals surface area contributed by atoms with Crippen molar-refractivity contribution in [3.63, 3.8) is 0 Å². The fourth-order valence-corrected chi connectivity index (χ4v) is 2.23.